The van der Waals surface area contributed by atoms with Crippen LogP contribution in [0.3, 0.4) is 0 Å². The lowest BCUT2D eigenvalue weighted by molar-refractivity contribution is 0.587. The molecule has 13 heavy (non-hydrogen) atoms. The van der Waals surface area contributed by atoms with Crippen LogP contribution in [-0.4, -0.2) is 6.26 Å². The fourth-order valence-corrected chi connectivity index (χ4v) is 1.64. The molecule has 0 aliphatic rings. The number of benzene rings is 1. The molecule has 1 aromatic carbocycles. The van der Waals surface area contributed by atoms with E-state index in [-0.39, 0.29) is 5.43 Å². The van der Waals surface area contributed by atoms with Crippen molar-refractivity contribution in [3.05, 3.63) is 40.8 Å². The fraction of sp³-hybridized carbons (Fsp3) is 0.100. The molecule has 0 N–H and O–H groups in total. The van der Waals surface area contributed by atoms with Gasteiger partial charge in [0.05, 0.1) is 10.3 Å². The molecule has 3 heteroatoms. The van der Waals surface area contributed by atoms with Crippen molar-refractivity contribution in [2.75, 3.05) is 6.26 Å². The molecular weight excluding hydrogens is 184 g/mol. The maximum absolute atomic E-state index is 11.7. The Bertz CT molecular complexity index is 487. The van der Waals surface area contributed by atoms with Crippen molar-refractivity contribution in [1.82, 2.24) is 0 Å². The minimum absolute atomic E-state index is 0.0503. The highest BCUT2D eigenvalue weighted by atomic mass is 32.2. The Balaban J connectivity index is 2.87. The van der Waals surface area contributed by atoms with Crippen molar-refractivity contribution in [2.24, 2.45) is 0 Å². The highest BCUT2D eigenvalue weighted by Gasteiger charge is 2.03. The van der Waals surface area contributed by atoms with Crippen LogP contribution in [0, 0.1) is 0 Å². The molecule has 0 fully saturated rings. The van der Waals surface area contributed by atoms with Crippen molar-refractivity contribution < 1.29 is 4.42 Å². The third-order valence-electron chi connectivity index (χ3n) is 1.87. The zero-order valence-corrected chi connectivity index (χ0v) is 7.93. The second-order valence-electron chi connectivity index (χ2n) is 2.63. The van der Waals surface area contributed by atoms with Gasteiger partial charge in [0.25, 0.3) is 0 Å². The van der Waals surface area contributed by atoms with Crippen LogP contribution in [0.5, 0.6) is 0 Å². The highest BCUT2D eigenvalue weighted by molar-refractivity contribution is 7.98. The molecule has 0 amide bonds. The molecule has 0 saturated carbocycles. The Hall–Kier alpha value is -1.22. The largest absolute Gasteiger partial charge is 0.463 e. The normalized spacial score (nSPS) is 10.5. The fourth-order valence-electron chi connectivity index (χ4n) is 1.20. The number of fused-ring (bicyclic) bond motifs is 1. The van der Waals surface area contributed by atoms with Gasteiger partial charge in [-0.3, -0.25) is 4.79 Å². The summed E-state index contributed by atoms with van der Waals surface area (Å²) in [7, 11) is 0. The molecule has 0 radical (unpaired) electrons. The number of rotatable bonds is 1. The Kier molecular flexibility index (Phi) is 2.10. The van der Waals surface area contributed by atoms with Crippen molar-refractivity contribution >= 4 is 22.7 Å². The zero-order chi connectivity index (χ0) is 9.26. The van der Waals surface area contributed by atoms with Gasteiger partial charge in [0.2, 0.25) is 5.43 Å². The second-order valence-corrected chi connectivity index (χ2v) is 3.48. The minimum atomic E-state index is 0.0503. The van der Waals surface area contributed by atoms with Crippen LogP contribution in [0.25, 0.3) is 11.0 Å². The first-order chi connectivity index (χ1) is 6.33. The molecule has 0 aliphatic heterocycles. The maximum atomic E-state index is 11.7. The van der Waals surface area contributed by atoms with Gasteiger partial charge in [-0.1, -0.05) is 12.1 Å². The number of para-hydroxylation sites is 1. The van der Waals surface area contributed by atoms with Gasteiger partial charge in [-0.15, -0.1) is 11.8 Å². The van der Waals surface area contributed by atoms with Crippen molar-refractivity contribution in [3.8, 4) is 0 Å². The Labute approximate surface area is 79.6 Å². The van der Waals surface area contributed by atoms with Crippen LogP contribution in [0.15, 0.2) is 44.6 Å². The lowest BCUT2D eigenvalue weighted by Crippen LogP contribution is -2.02. The van der Waals surface area contributed by atoms with Crippen LogP contribution in [0.1, 0.15) is 0 Å². The van der Waals surface area contributed by atoms with E-state index in [1.807, 2.05) is 18.4 Å². The standard InChI is InChI=1S/C10H8O2S/c1-13-9-6-12-8-5-3-2-4-7(8)10(9)11/h2-6H,1H3. The van der Waals surface area contributed by atoms with E-state index in [9.17, 15) is 4.79 Å². The highest BCUT2D eigenvalue weighted by Crippen LogP contribution is 2.15. The van der Waals surface area contributed by atoms with E-state index in [2.05, 4.69) is 0 Å². The summed E-state index contributed by atoms with van der Waals surface area (Å²) >= 11 is 1.40. The lowest BCUT2D eigenvalue weighted by atomic mass is 10.2. The molecular formula is C10H8O2S. The van der Waals surface area contributed by atoms with Gasteiger partial charge in [-0.05, 0) is 18.4 Å². The lowest BCUT2D eigenvalue weighted by Gasteiger charge is -1.97. The summed E-state index contributed by atoms with van der Waals surface area (Å²) in [6.45, 7) is 0. The molecule has 0 unspecified atom stereocenters. The van der Waals surface area contributed by atoms with E-state index < -0.39 is 0 Å². The summed E-state index contributed by atoms with van der Waals surface area (Å²) < 4.78 is 5.29. The quantitative estimate of drug-likeness (QED) is 0.650. The average molecular weight is 192 g/mol. The van der Waals surface area contributed by atoms with Gasteiger partial charge in [-0.2, -0.15) is 0 Å². The Morgan fingerprint density at radius 2 is 2.08 bits per heavy atom. The molecule has 0 aliphatic carbocycles. The van der Waals surface area contributed by atoms with Crippen molar-refractivity contribution in [1.29, 1.82) is 0 Å². The summed E-state index contributed by atoms with van der Waals surface area (Å²) in [5.74, 6) is 0. The van der Waals surface area contributed by atoms with E-state index >= 15 is 0 Å². The van der Waals surface area contributed by atoms with Gasteiger partial charge in [0.1, 0.15) is 11.8 Å². The summed E-state index contributed by atoms with van der Waals surface area (Å²) in [4.78, 5) is 12.3. The molecule has 2 aromatic rings. The van der Waals surface area contributed by atoms with E-state index in [0.29, 0.717) is 15.9 Å². The van der Waals surface area contributed by atoms with Gasteiger partial charge in [-0.25, -0.2) is 0 Å². The van der Waals surface area contributed by atoms with Crippen LogP contribution in [-0.2, 0) is 0 Å². The number of thioether (sulfide) groups is 1. The van der Waals surface area contributed by atoms with Crippen molar-refractivity contribution in [3.63, 3.8) is 0 Å². The summed E-state index contributed by atoms with van der Waals surface area (Å²) in [6.07, 6.45) is 3.37. The first-order valence-electron chi connectivity index (χ1n) is 3.87. The average Bonchev–Trinajstić information content (AvgIpc) is 2.19. The molecule has 0 saturated heterocycles. The summed E-state index contributed by atoms with van der Waals surface area (Å²) in [6, 6.07) is 7.26. The van der Waals surface area contributed by atoms with Crippen molar-refractivity contribution in [2.45, 2.75) is 4.90 Å². The van der Waals surface area contributed by atoms with E-state index in [0.717, 1.165) is 0 Å². The molecule has 1 aromatic heterocycles. The van der Waals surface area contributed by atoms with E-state index in [1.165, 1.54) is 18.0 Å². The number of hydrogen-bond acceptors (Lipinski definition) is 3. The molecule has 0 spiro atoms. The summed E-state index contributed by atoms with van der Waals surface area (Å²) in [5.41, 5.74) is 0.694. The summed E-state index contributed by atoms with van der Waals surface area (Å²) in [5, 5.41) is 0.648. The molecule has 66 valence electrons. The maximum Gasteiger partial charge on any atom is 0.206 e. The van der Waals surface area contributed by atoms with Gasteiger partial charge in [0, 0.05) is 0 Å². The number of hydrogen-bond donors (Lipinski definition) is 0. The molecule has 2 rings (SSSR count). The molecule has 1 heterocycles. The van der Waals surface area contributed by atoms with Crippen LogP contribution in [0.4, 0.5) is 0 Å². The molecule has 0 bridgehead atoms. The van der Waals surface area contributed by atoms with E-state index in [4.69, 9.17) is 4.42 Å². The first-order valence-corrected chi connectivity index (χ1v) is 5.10. The molecule has 2 nitrogen and oxygen atoms in total. The van der Waals surface area contributed by atoms with Gasteiger partial charge < -0.3 is 4.42 Å². The van der Waals surface area contributed by atoms with E-state index in [1.54, 1.807) is 12.1 Å². The molecule has 0 atom stereocenters. The predicted octanol–water partition coefficient (Wildman–Crippen LogP) is 2.51. The zero-order valence-electron chi connectivity index (χ0n) is 7.11. The third-order valence-corrected chi connectivity index (χ3v) is 2.59. The monoisotopic (exact) mass is 192 g/mol. The van der Waals surface area contributed by atoms with Gasteiger partial charge >= 0.3 is 0 Å². The van der Waals surface area contributed by atoms with Crippen LogP contribution >= 0.6 is 11.8 Å². The smallest absolute Gasteiger partial charge is 0.206 e. The minimum Gasteiger partial charge on any atom is -0.463 e. The van der Waals surface area contributed by atoms with Crippen LogP contribution in [0.2, 0.25) is 0 Å². The Morgan fingerprint density at radius 1 is 1.31 bits per heavy atom. The third kappa shape index (κ3) is 1.35. The Morgan fingerprint density at radius 3 is 2.85 bits per heavy atom. The topological polar surface area (TPSA) is 30.2 Å². The second kappa shape index (κ2) is 3.26. The SMILES string of the molecule is CSc1coc2ccccc2c1=O. The van der Waals surface area contributed by atoms with Gasteiger partial charge in [0.15, 0.2) is 0 Å². The first kappa shape index (κ1) is 8.38. The van der Waals surface area contributed by atoms with Crippen LogP contribution < -0.4 is 5.43 Å². The predicted molar refractivity (Wildman–Crippen MR) is 54.3 cm³/mol.